The van der Waals surface area contributed by atoms with Crippen molar-refractivity contribution in [2.24, 2.45) is 11.7 Å². The fourth-order valence-corrected chi connectivity index (χ4v) is 7.84. The predicted molar refractivity (Wildman–Crippen MR) is 132 cm³/mol. The molecule has 1 aromatic heterocycles. The number of fused-ring (bicyclic) bond motifs is 4. The van der Waals surface area contributed by atoms with Gasteiger partial charge in [0.05, 0.1) is 5.60 Å². The number of aromatic amines is 1. The highest BCUT2D eigenvalue weighted by Crippen LogP contribution is 2.61. The first-order valence-electron chi connectivity index (χ1n) is 12.6. The van der Waals surface area contributed by atoms with Gasteiger partial charge < -0.3 is 25.8 Å². The average molecular weight is 493 g/mol. The van der Waals surface area contributed by atoms with Crippen molar-refractivity contribution in [1.82, 2.24) is 14.8 Å². The van der Waals surface area contributed by atoms with Crippen molar-refractivity contribution >= 4 is 11.8 Å². The average Bonchev–Trinajstić information content (AvgIpc) is 3.37. The zero-order chi connectivity index (χ0) is 25.6. The molecule has 6 rings (SSSR count). The van der Waals surface area contributed by atoms with Crippen molar-refractivity contribution in [3.63, 3.8) is 0 Å². The molecular weight excluding hydrogens is 460 g/mol. The third-order valence-electron chi connectivity index (χ3n) is 9.34. The number of phenols is 1. The van der Waals surface area contributed by atoms with E-state index in [9.17, 15) is 24.6 Å². The van der Waals surface area contributed by atoms with Crippen LogP contribution < -0.4 is 11.3 Å². The quantitative estimate of drug-likeness (QED) is 0.494. The lowest BCUT2D eigenvalue weighted by Crippen LogP contribution is -2.67. The number of likely N-dealkylation sites (tertiary alicyclic amines) is 2. The van der Waals surface area contributed by atoms with E-state index in [-0.39, 0.29) is 23.8 Å². The number of amides is 2. The monoisotopic (exact) mass is 492 g/mol. The van der Waals surface area contributed by atoms with Gasteiger partial charge in [-0.25, -0.2) is 0 Å². The number of aliphatic hydroxyl groups is 1. The van der Waals surface area contributed by atoms with E-state index >= 15 is 0 Å². The molecular formula is C27H32N4O5. The van der Waals surface area contributed by atoms with Gasteiger partial charge in [0.25, 0.3) is 11.5 Å². The van der Waals surface area contributed by atoms with Crippen molar-refractivity contribution in [2.45, 2.75) is 62.1 Å². The summed E-state index contributed by atoms with van der Waals surface area (Å²) in [5, 5.41) is 22.8. The van der Waals surface area contributed by atoms with Crippen LogP contribution >= 0.6 is 0 Å². The molecule has 9 heteroatoms. The Kier molecular flexibility index (Phi) is 4.95. The van der Waals surface area contributed by atoms with Crippen LogP contribution in [0, 0.1) is 12.8 Å². The molecule has 2 aromatic rings. The Morgan fingerprint density at radius 3 is 2.72 bits per heavy atom. The number of likely N-dealkylation sites (N-methyl/N-ethyl adjacent to an activating group) is 1. The Bertz CT molecular complexity index is 1350. The summed E-state index contributed by atoms with van der Waals surface area (Å²) in [5.74, 6) is -0.626. The molecule has 2 aliphatic carbocycles. The molecule has 2 aliphatic heterocycles. The maximum Gasteiger partial charge on any atom is 0.261 e. The van der Waals surface area contributed by atoms with Crippen LogP contribution in [0.5, 0.6) is 5.75 Å². The Balaban J connectivity index is 1.46. The van der Waals surface area contributed by atoms with E-state index in [0.717, 1.165) is 29.7 Å². The minimum Gasteiger partial charge on any atom is -0.508 e. The maximum absolute atomic E-state index is 13.3. The van der Waals surface area contributed by atoms with E-state index in [0.29, 0.717) is 37.4 Å². The molecule has 1 aromatic carbocycles. The highest BCUT2D eigenvalue weighted by Gasteiger charge is 2.70. The number of nitrogens with two attached hydrogens (primary N) is 1. The first kappa shape index (κ1) is 23.2. The minimum atomic E-state index is -1.14. The fraction of sp³-hybridized carbons (Fsp3) is 0.519. The van der Waals surface area contributed by atoms with Crippen LogP contribution in [0.15, 0.2) is 29.1 Å². The van der Waals surface area contributed by atoms with E-state index in [1.165, 1.54) is 4.90 Å². The van der Waals surface area contributed by atoms with Gasteiger partial charge in [-0.15, -0.1) is 0 Å². The van der Waals surface area contributed by atoms with Gasteiger partial charge in [-0.1, -0.05) is 6.07 Å². The molecule has 5 N–H and O–H groups in total. The smallest absolute Gasteiger partial charge is 0.261 e. The van der Waals surface area contributed by atoms with Gasteiger partial charge in [0.15, 0.2) is 0 Å². The van der Waals surface area contributed by atoms with E-state index in [1.807, 2.05) is 20.0 Å². The number of H-pyrrole nitrogens is 1. The van der Waals surface area contributed by atoms with Gasteiger partial charge in [-0.2, -0.15) is 0 Å². The van der Waals surface area contributed by atoms with Crippen LogP contribution in [-0.4, -0.2) is 74.6 Å². The summed E-state index contributed by atoms with van der Waals surface area (Å²) in [4.78, 5) is 44.9. The number of primary amides is 1. The lowest BCUT2D eigenvalue weighted by atomic mass is 9.59. The molecule has 0 radical (unpaired) electrons. The Morgan fingerprint density at radius 2 is 2.00 bits per heavy atom. The number of hydrogen-bond donors (Lipinski definition) is 4. The van der Waals surface area contributed by atoms with Crippen molar-refractivity contribution in [3.8, 4) is 5.75 Å². The molecule has 3 fully saturated rings. The number of carbonyl (C=O) groups is 2. The molecule has 1 unspecified atom stereocenters. The lowest BCUT2D eigenvalue weighted by Gasteiger charge is -2.53. The summed E-state index contributed by atoms with van der Waals surface area (Å²) in [5.41, 5.74) is 6.49. The molecule has 1 saturated carbocycles. The number of nitrogens with one attached hydrogen (secondary N) is 1. The van der Waals surface area contributed by atoms with Gasteiger partial charge in [-0.05, 0) is 74.0 Å². The van der Waals surface area contributed by atoms with Crippen molar-refractivity contribution in [2.75, 3.05) is 20.1 Å². The number of pyridine rings is 1. The highest BCUT2D eigenvalue weighted by molar-refractivity contribution is 5.97. The van der Waals surface area contributed by atoms with E-state index in [1.54, 1.807) is 18.2 Å². The summed E-state index contributed by atoms with van der Waals surface area (Å²) < 4.78 is 0. The second kappa shape index (κ2) is 7.66. The van der Waals surface area contributed by atoms with Crippen LogP contribution in [-0.2, 0) is 23.1 Å². The SMILES string of the molecule is Cc1ccc(O)cc1[C@@]12Cc3[nH]c(=O)c(C(=O)N4CCC[C@H]4C(N)=O)cc3C[C@@]1(O)[C@H]1C(CN1C)C2. The van der Waals surface area contributed by atoms with Crippen LogP contribution in [0.1, 0.15) is 52.0 Å². The van der Waals surface area contributed by atoms with E-state index in [4.69, 9.17) is 5.73 Å². The summed E-state index contributed by atoms with van der Waals surface area (Å²) in [6.45, 7) is 3.24. The van der Waals surface area contributed by atoms with Gasteiger partial charge in [0.1, 0.15) is 17.4 Å². The van der Waals surface area contributed by atoms with Crippen molar-refractivity contribution in [1.29, 1.82) is 0 Å². The van der Waals surface area contributed by atoms with Gasteiger partial charge in [0, 0.05) is 43.1 Å². The largest absolute Gasteiger partial charge is 0.508 e. The van der Waals surface area contributed by atoms with E-state index < -0.39 is 34.4 Å². The van der Waals surface area contributed by atoms with Crippen LogP contribution in [0.3, 0.4) is 0 Å². The second-order valence-corrected chi connectivity index (χ2v) is 11.3. The number of aryl methyl sites for hydroxylation is 1. The molecule has 36 heavy (non-hydrogen) atoms. The third-order valence-corrected chi connectivity index (χ3v) is 9.34. The zero-order valence-electron chi connectivity index (χ0n) is 20.6. The number of hydrogen-bond acceptors (Lipinski definition) is 6. The topological polar surface area (TPSA) is 140 Å². The molecule has 5 atom stereocenters. The van der Waals surface area contributed by atoms with E-state index in [2.05, 4.69) is 9.88 Å². The molecule has 9 nitrogen and oxygen atoms in total. The van der Waals surface area contributed by atoms with Gasteiger partial charge in [0.2, 0.25) is 5.91 Å². The van der Waals surface area contributed by atoms with Crippen LogP contribution in [0.4, 0.5) is 0 Å². The van der Waals surface area contributed by atoms with Gasteiger partial charge in [-0.3, -0.25) is 19.3 Å². The number of aromatic nitrogens is 1. The first-order valence-corrected chi connectivity index (χ1v) is 12.6. The predicted octanol–water partition coefficient (Wildman–Crippen LogP) is 0.580. The number of rotatable bonds is 3. The summed E-state index contributed by atoms with van der Waals surface area (Å²) in [6.07, 6.45) is 2.58. The van der Waals surface area contributed by atoms with Crippen LogP contribution in [0.2, 0.25) is 0 Å². The molecule has 2 saturated heterocycles. The molecule has 4 aliphatic rings. The Hall–Kier alpha value is -3.17. The number of aromatic hydroxyl groups is 1. The highest BCUT2D eigenvalue weighted by atomic mass is 16.3. The molecule has 2 amide bonds. The molecule has 3 heterocycles. The molecule has 0 spiro atoms. The second-order valence-electron chi connectivity index (χ2n) is 11.3. The zero-order valence-corrected chi connectivity index (χ0v) is 20.6. The number of nitrogens with zero attached hydrogens (tertiary/aromatic N) is 2. The summed E-state index contributed by atoms with van der Waals surface area (Å²) in [7, 11) is 2.01. The lowest BCUT2D eigenvalue weighted by molar-refractivity contribution is -0.121. The van der Waals surface area contributed by atoms with Gasteiger partial charge >= 0.3 is 0 Å². The van der Waals surface area contributed by atoms with Crippen molar-refractivity contribution in [3.05, 3.63) is 62.6 Å². The Morgan fingerprint density at radius 1 is 1.22 bits per heavy atom. The molecule has 190 valence electrons. The minimum absolute atomic E-state index is 0.0250. The summed E-state index contributed by atoms with van der Waals surface area (Å²) >= 11 is 0. The first-order chi connectivity index (χ1) is 17.1. The Labute approximate surface area is 208 Å². The molecule has 0 bridgehead atoms. The standard InChI is InChI=1S/C27H32N4O5/c1-14-5-6-17(32)9-19(14)26-10-16-13-30(2)22(16)27(26,36)11-15-8-18(24(34)29-20(15)12-26)25(35)31-7-3-4-21(31)23(28)33/h5-6,8-9,16,21-22,32,36H,3-4,7,10-13H2,1-2H3,(H2,28,33)(H,29,34)/t16?,21-,22+,26+,27+/m0/s1. The van der Waals surface area contributed by atoms with Crippen LogP contribution in [0.25, 0.3) is 0 Å². The maximum atomic E-state index is 13.3. The normalized spacial score (nSPS) is 33.0. The third kappa shape index (κ3) is 2.99. The summed E-state index contributed by atoms with van der Waals surface area (Å²) in [6, 6.07) is 6.11. The number of carbonyl (C=O) groups excluding carboxylic acids is 2. The number of phenolic OH excluding ortho intramolecular Hbond substituents is 1. The van der Waals surface area contributed by atoms with Crippen molar-refractivity contribution < 1.29 is 19.8 Å². The fourth-order valence-electron chi connectivity index (χ4n) is 7.84. The number of benzene rings is 1.